The van der Waals surface area contributed by atoms with Gasteiger partial charge in [-0.25, -0.2) is 9.48 Å². The van der Waals surface area contributed by atoms with E-state index in [0.29, 0.717) is 12.5 Å². The summed E-state index contributed by atoms with van der Waals surface area (Å²) in [6.45, 7) is 0.497. The van der Waals surface area contributed by atoms with Crippen LogP contribution in [0.25, 0.3) is 11.8 Å². The molecule has 1 aliphatic rings. The highest BCUT2D eigenvalue weighted by Gasteiger charge is 2.11. The van der Waals surface area contributed by atoms with E-state index < -0.39 is 0 Å². The molecule has 0 amide bonds. The van der Waals surface area contributed by atoms with Gasteiger partial charge in [-0.15, -0.1) is 0 Å². The molecule has 0 saturated heterocycles. The van der Waals surface area contributed by atoms with Crippen molar-refractivity contribution in [2.45, 2.75) is 19.3 Å². The number of carbonyl (C=O) groups is 1. The van der Waals surface area contributed by atoms with E-state index >= 15 is 0 Å². The van der Waals surface area contributed by atoms with E-state index in [9.17, 15) is 4.79 Å². The first kappa shape index (κ1) is 15.3. The zero-order valence-electron chi connectivity index (χ0n) is 13.0. The molecule has 0 fully saturated rings. The number of nitrogens with zero attached hydrogens (tertiary/aromatic N) is 2. The molecule has 0 bridgehead atoms. The lowest BCUT2D eigenvalue weighted by Gasteiger charge is -2.16. The van der Waals surface area contributed by atoms with E-state index in [2.05, 4.69) is 17.3 Å². The van der Waals surface area contributed by atoms with Crippen molar-refractivity contribution in [3.05, 3.63) is 66.5 Å². The van der Waals surface area contributed by atoms with Crippen LogP contribution in [0.1, 0.15) is 24.8 Å². The topological polar surface area (TPSA) is 44.1 Å². The van der Waals surface area contributed by atoms with Crippen molar-refractivity contribution in [3.8, 4) is 5.69 Å². The van der Waals surface area contributed by atoms with Crippen molar-refractivity contribution in [1.29, 1.82) is 0 Å². The van der Waals surface area contributed by atoms with Crippen LogP contribution in [-0.4, -0.2) is 22.4 Å². The smallest absolute Gasteiger partial charge is 0.330 e. The first-order chi connectivity index (χ1) is 11.3. The van der Waals surface area contributed by atoms with Crippen molar-refractivity contribution in [1.82, 2.24) is 9.78 Å². The molecule has 0 aliphatic heterocycles. The number of ether oxygens (including phenoxy) is 1. The van der Waals surface area contributed by atoms with Crippen LogP contribution in [0.3, 0.4) is 0 Å². The lowest BCUT2D eigenvalue weighted by molar-refractivity contribution is -0.139. The zero-order valence-corrected chi connectivity index (χ0v) is 13.0. The minimum absolute atomic E-state index is 0.299. The Morgan fingerprint density at radius 2 is 2.17 bits per heavy atom. The predicted octanol–water partition coefficient (Wildman–Crippen LogP) is 3.79. The first-order valence-corrected chi connectivity index (χ1v) is 7.91. The summed E-state index contributed by atoms with van der Waals surface area (Å²) in [6.07, 6.45) is 14.3. The fourth-order valence-electron chi connectivity index (χ4n) is 2.56. The molecule has 1 heterocycles. The number of hydrogen-bond acceptors (Lipinski definition) is 3. The van der Waals surface area contributed by atoms with Gasteiger partial charge in [0.1, 0.15) is 0 Å². The summed E-state index contributed by atoms with van der Waals surface area (Å²) in [6, 6.07) is 9.85. The van der Waals surface area contributed by atoms with Crippen molar-refractivity contribution < 1.29 is 9.53 Å². The second-order valence-corrected chi connectivity index (χ2v) is 5.67. The Balaban J connectivity index is 1.52. The van der Waals surface area contributed by atoms with Gasteiger partial charge in [0.25, 0.3) is 0 Å². The molecule has 1 aromatic heterocycles. The summed E-state index contributed by atoms with van der Waals surface area (Å²) >= 11 is 0. The molecule has 1 aromatic carbocycles. The van der Waals surface area contributed by atoms with Crippen LogP contribution in [0.2, 0.25) is 0 Å². The molecule has 0 saturated carbocycles. The second kappa shape index (κ2) is 7.58. The van der Waals surface area contributed by atoms with Crippen LogP contribution in [0.15, 0.2) is 61.0 Å². The van der Waals surface area contributed by atoms with Gasteiger partial charge in [0, 0.05) is 17.8 Å². The number of esters is 1. The van der Waals surface area contributed by atoms with Crippen LogP contribution < -0.4 is 0 Å². The summed E-state index contributed by atoms with van der Waals surface area (Å²) in [7, 11) is 0. The van der Waals surface area contributed by atoms with Crippen molar-refractivity contribution in [2.24, 2.45) is 5.92 Å². The highest BCUT2D eigenvalue weighted by atomic mass is 16.5. The Labute approximate surface area is 136 Å². The molecule has 1 aliphatic carbocycles. The fraction of sp³-hybridized carbons (Fsp3) is 0.263. The van der Waals surface area contributed by atoms with Gasteiger partial charge >= 0.3 is 5.97 Å². The summed E-state index contributed by atoms with van der Waals surface area (Å²) in [4.78, 5) is 11.8. The number of benzene rings is 1. The number of rotatable bonds is 5. The molecule has 0 N–H and O–H groups in total. The molecule has 3 rings (SSSR count). The van der Waals surface area contributed by atoms with Gasteiger partial charge in [-0.2, -0.15) is 5.10 Å². The van der Waals surface area contributed by atoms with Crippen LogP contribution in [0.5, 0.6) is 0 Å². The molecular formula is C19H20N2O2. The number of hydrogen-bond donors (Lipinski definition) is 0. The van der Waals surface area contributed by atoms with E-state index in [-0.39, 0.29) is 5.97 Å². The average molecular weight is 308 g/mol. The lowest BCUT2D eigenvalue weighted by Crippen LogP contribution is -2.13. The van der Waals surface area contributed by atoms with E-state index in [1.165, 1.54) is 6.08 Å². The molecule has 23 heavy (non-hydrogen) atoms. The Morgan fingerprint density at radius 1 is 1.30 bits per heavy atom. The Hall–Kier alpha value is -2.62. The Kier molecular flexibility index (Phi) is 5.04. The third-order valence-electron chi connectivity index (χ3n) is 3.87. The third kappa shape index (κ3) is 4.42. The lowest BCUT2D eigenvalue weighted by atomic mass is 9.95. The van der Waals surface area contributed by atoms with E-state index in [4.69, 9.17) is 4.74 Å². The molecular weight excluding hydrogens is 288 g/mol. The molecule has 4 heteroatoms. The number of allylic oxidation sites excluding steroid dienone is 2. The molecule has 4 nitrogen and oxygen atoms in total. The Morgan fingerprint density at radius 3 is 2.96 bits per heavy atom. The van der Waals surface area contributed by atoms with Crippen LogP contribution in [0.4, 0.5) is 0 Å². The maximum atomic E-state index is 11.8. The van der Waals surface area contributed by atoms with Crippen molar-refractivity contribution in [2.75, 3.05) is 6.61 Å². The van der Waals surface area contributed by atoms with Gasteiger partial charge in [-0.05, 0) is 43.4 Å². The summed E-state index contributed by atoms with van der Waals surface area (Å²) in [5, 5.41) is 4.29. The molecule has 2 aromatic rings. The average Bonchev–Trinajstić information content (AvgIpc) is 3.09. The maximum Gasteiger partial charge on any atom is 0.330 e. The number of aromatic nitrogens is 2. The van der Waals surface area contributed by atoms with Gasteiger partial charge in [0.2, 0.25) is 0 Å². The second-order valence-electron chi connectivity index (χ2n) is 5.67. The van der Waals surface area contributed by atoms with Gasteiger partial charge in [0.15, 0.2) is 0 Å². The maximum absolute atomic E-state index is 11.8. The number of para-hydroxylation sites is 1. The standard InChI is InChI=1S/C19H20N2O2/c22-19(23-15-16-7-3-1-4-8-16)12-11-17-13-20-21(14-17)18-9-5-2-6-10-18/h1-3,5-6,9-14,16H,4,7-8,15H2/b12-11+. The number of carbonyl (C=O) groups excluding carboxylic acids is 1. The van der Waals surface area contributed by atoms with E-state index in [1.807, 2.05) is 36.5 Å². The van der Waals surface area contributed by atoms with Crippen LogP contribution in [-0.2, 0) is 9.53 Å². The fourth-order valence-corrected chi connectivity index (χ4v) is 2.56. The molecule has 0 radical (unpaired) electrons. The van der Waals surface area contributed by atoms with Gasteiger partial charge in [0.05, 0.1) is 18.5 Å². The summed E-state index contributed by atoms with van der Waals surface area (Å²) in [5.74, 6) is 0.158. The largest absolute Gasteiger partial charge is 0.462 e. The SMILES string of the molecule is O=C(/C=C/c1cnn(-c2ccccc2)c1)OCC1CC=CCC1. The monoisotopic (exact) mass is 308 g/mol. The normalized spacial score (nSPS) is 17.5. The third-order valence-corrected chi connectivity index (χ3v) is 3.87. The zero-order chi connectivity index (χ0) is 15.9. The van der Waals surface area contributed by atoms with Gasteiger partial charge in [-0.3, -0.25) is 0 Å². The van der Waals surface area contributed by atoms with Crippen molar-refractivity contribution in [3.63, 3.8) is 0 Å². The first-order valence-electron chi connectivity index (χ1n) is 7.91. The van der Waals surface area contributed by atoms with Gasteiger partial charge < -0.3 is 4.74 Å². The van der Waals surface area contributed by atoms with Gasteiger partial charge in [-0.1, -0.05) is 30.4 Å². The van der Waals surface area contributed by atoms with Crippen LogP contribution in [0, 0.1) is 5.92 Å². The molecule has 0 spiro atoms. The minimum atomic E-state index is -0.299. The summed E-state index contributed by atoms with van der Waals surface area (Å²) < 4.78 is 7.08. The van der Waals surface area contributed by atoms with E-state index in [0.717, 1.165) is 30.5 Å². The minimum Gasteiger partial charge on any atom is -0.462 e. The highest BCUT2D eigenvalue weighted by molar-refractivity contribution is 5.86. The Bertz CT molecular complexity index is 701. The molecule has 118 valence electrons. The quantitative estimate of drug-likeness (QED) is 0.479. The predicted molar refractivity (Wildman–Crippen MR) is 90.0 cm³/mol. The van der Waals surface area contributed by atoms with Crippen molar-refractivity contribution >= 4 is 12.0 Å². The van der Waals surface area contributed by atoms with Crippen LogP contribution >= 0.6 is 0 Å². The summed E-state index contributed by atoms with van der Waals surface area (Å²) in [5.41, 5.74) is 1.85. The highest BCUT2D eigenvalue weighted by Crippen LogP contribution is 2.18. The van der Waals surface area contributed by atoms with E-state index in [1.54, 1.807) is 17.0 Å². The molecule has 1 unspecified atom stereocenters. The molecule has 1 atom stereocenters.